The predicted octanol–water partition coefficient (Wildman–Crippen LogP) is 6.12. The number of benzene rings is 1. The zero-order chi connectivity index (χ0) is 30.8. The summed E-state index contributed by atoms with van der Waals surface area (Å²) >= 11 is 6.13. The summed E-state index contributed by atoms with van der Waals surface area (Å²) in [5.74, 6) is 6.51. The maximum absolute atomic E-state index is 12.7. The minimum atomic E-state index is -0.393. The van der Waals surface area contributed by atoms with Crippen LogP contribution < -0.4 is 22.2 Å². The molecule has 0 radical (unpaired) electrons. The van der Waals surface area contributed by atoms with E-state index in [0.717, 1.165) is 55.5 Å². The first-order chi connectivity index (χ1) is 19.2. The number of hydrazine groups is 1. The summed E-state index contributed by atoms with van der Waals surface area (Å²) in [4.78, 5) is 19.6. The number of carbonyl (C=O) groups is 1. The molecule has 0 saturated carbocycles. The van der Waals surface area contributed by atoms with Gasteiger partial charge < -0.3 is 26.3 Å². The Morgan fingerprint density at radius 3 is 2.49 bits per heavy atom. The molecule has 1 aromatic carbocycles. The summed E-state index contributed by atoms with van der Waals surface area (Å²) in [6, 6.07) is 8.16. The SMILES string of the molecule is CCN(CCCC(C)Nc1ccnc2cc(Cl)ccc12)CCN(N)/C=C(\N)CC(C)C(C)(C)NC(=O)C(C)(C)CC. The molecular formula is C32H54ClN7O. The Bertz CT molecular complexity index is 1150. The van der Waals surface area contributed by atoms with Gasteiger partial charge >= 0.3 is 0 Å². The third kappa shape index (κ3) is 11.0. The fraction of sp³-hybridized carbons (Fsp3) is 0.625. The number of likely N-dealkylation sites (N-methyl/N-ethyl adjacent to an activating group) is 1. The summed E-state index contributed by atoms with van der Waals surface area (Å²) in [5, 5.41) is 10.3. The molecule has 2 atom stereocenters. The number of hydrogen-bond acceptors (Lipinski definition) is 7. The molecule has 0 spiro atoms. The number of rotatable bonds is 17. The molecule has 0 aliphatic rings. The van der Waals surface area contributed by atoms with Crippen molar-refractivity contribution in [3.8, 4) is 0 Å². The van der Waals surface area contributed by atoms with Gasteiger partial charge in [-0.3, -0.25) is 9.78 Å². The number of pyridine rings is 1. The molecule has 1 aromatic heterocycles. The van der Waals surface area contributed by atoms with Crippen molar-refractivity contribution in [2.75, 3.05) is 31.5 Å². The van der Waals surface area contributed by atoms with E-state index < -0.39 is 5.41 Å². The molecule has 0 bridgehead atoms. The highest BCUT2D eigenvalue weighted by Gasteiger charge is 2.33. The first-order valence-electron chi connectivity index (χ1n) is 15.0. The number of nitrogens with two attached hydrogens (primary N) is 2. The summed E-state index contributed by atoms with van der Waals surface area (Å²) in [6.07, 6.45) is 7.21. The van der Waals surface area contributed by atoms with Gasteiger partial charge in [0.1, 0.15) is 0 Å². The van der Waals surface area contributed by atoms with Gasteiger partial charge in [-0.1, -0.05) is 46.2 Å². The minimum Gasteiger partial charge on any atom is -0.401 e. The van der Waals surface area contributed by atoms with Crippen molar-refractivity contribution < 1.29 is 4.79 Å². The minimum absolute atomic E-state index is 0.0703. The van der Waals surface area contributed by atoms with E-state index in [1.807, 2.05) is 57.4 Å². The second kappa shape index (κ2) is 15.6. The highest BCUT2D eigenvalue weighted by molar-refractivity contribution is 6.31. The first-order valence-corrected chi connectivity index (χ1v) is 15.4. The maximum Gasteiger partial charge on any atom is 0.226 e. The van der Waals surface area contributed by atoms with E-state index in [2.05, 4.69) is 55.1 Å². The number of nitrogens with one attached hydrogen (secondary N) is 2. The van der Waals surface area contributed by atoms with Crippen LogP contribution in [0.1, 0.15) is 81.1 Å². The van der Waals surface area contributed by atoms with Crippen LogP contribution in [0.25, 0.3) is 10.9 Å². The van der Waals surface area contributed by atoms with E-state index in [0.29, 0.717) is 29.7 Å². The zero-order valence-corrected chi connectivity index (χ0v) is 27.3. The molecule has 41 heavy (non-hydrogen) atoms. The average molecular weight is 588 g/mol. The number of nitrogens with zero attached hydrogens (tertiary/aromatic N) is 3. The Balaban J connectivity index is 1.78. The Labute approximate surface area is 253 Å². The van der Waals surface area contributed by atoms with Gasteiger partial charge in [-0.2, -0.15) is 0 Å². The number of aromatic nitrogens is 1. The maximum atomic E-state index is 12.7. The van der Waals surface area contributed by atoms with Crippen molar-refractivity contribution in [2.24, 2.45) is 22.9 Å². The van der Waals surface area contributed by atoms with Gasteiger partial charge in [0.15, 0.2) is 0 Å². The number of hydrogen-bond donors (Lipinski definition) is 4. The smallest absolute Gasteiger partial charge is 0.226 e. The van der Waals surface area contributed by atoms with E-state index in [1.165, 1.54) is 0 Å². The second-order valence-corrected chi connectivity index (χ2v) is 13.0. The van der Waals surface area contributed by atoms with Crippen LogP contribution in [0.15, 0.2) is 42.4 Å². The van der Waals surface area contributed by atoms with Crippen molar-refractivity contribution in [3.05, 3.63) is 47.4 Å². The molecule has 1 heterocycles. The summed E-state index contributed by atoms with van der Waals surface area (Å²) in [5.41, 5.74) is 8.28. The van der Waals surface area contributed by atoms with Crippen LogP contribution in [-0.4, -0.2) is 58.6 Å². The molecule has 0 fully saturated rings. The van der Waals surface area contributed by atoms with Crippen molar-refractivity contribution in [1.29, 1.82) is 0 Å². The number of amides is 1. The molecule has 1 amide bonds. The molecule has 0 saturated heterocycles. The van der Waals surface area contributed by atoms with Crippen molar-refractivity contribution in [1.82, 2.24) is 20.2 Å². The fourth-order valence-electron chi connectivity index (χ4n) is 4.58. The van der Waals surface area contributed by atoms with E-state index in [4.69, 9.17) is 23.2 Å². The standard InChI is InChI=1S/C32H54ClN7O/c1-9-31(5,6)30(41)38-32(7,8)23(3)20-26(34)22-40(35)19-18-39(10-2)17-11-12-24(4)37-28-15-16-36-29-21-25(33)13-14-27(28)29/h13-16,21-24H,9-12,17-20,34-35H2,1-8H3,(H,36,37)(H,38,41)/b26-22-. The van der Waals surface area contributed by atoms with Gasteiger partial charge in [-0.25, -0.2) is 5.84 Å². The lowest BCUT2D eigenvalue weighted by Crippen LogP contribution is -2.52. The van der Waals surface area contributed by atoms with Crippen LogP contribution in [0.3, 0.4) is 0 Å². The molecule has 2 unspecified atom stereocenters. The molecule has 0 aliphatic heterocycles. The van der Waals surface area contributed by atoms with E-state index in [1.54, 1.807) is 5.01 Å². The van der Waals surface area contributed by atoms with Gasteiger partial charge in [-0.15, -0.1) is 0 Å². The van der Waals surface area contributed by atoms with Crippen molar-refractivity contribution in [2.45, 2.75) is 92.7 Å². The van der Waals surface area contributed by atoms with E-state index >= 15 is 0 Å². The van der Waals surface area contributed by atoms with E-state index in [9.17, 15) is 4.79 Å². The molecule has 6 N–H and O–H groups in total. The number of carbonyl (C=O) groups excluding carboxylic acids is 1. The molecule has 9 heteroatoms. The summed E-state index contributed by atoms with van der Waals surface area (Å²) < 4.78 is 0. The lowest BCUT2D eigenvalue weighted by Gasteiger charge is -2.36. The Morgan fingerprint density at radius 1 is 1.12 bits per heavy atom. The fourth-order valence-corrected chi connectivity index (χ4v) is 4.74. The Kier molecular flexibility index (Phi) is 13.2. The Morgan fingerprint density at radius 2 is 1.83 bits per heavy atom. The lowest BCUT2D eigenvalue weighted by atomic mass is 9.82. The van der Waals surface area contributed by atoms with Crippen molar-refractivity contribution in [3.63, 3.8) is 0 Å². The highest BCUT2D eigenvalue weighted by atomic mass is 35.5. The average Bonchev–Trinajstić information content (AvgIpc) is 2.90. The topological polar surface area (TPSA) is 113 Å². The molecular weight excluding hydrogens is 534 g/mol. The normalized spacial score (nSPS) is 14.3. The van der Waals surface area contributed by atoms with Gasteiger partial charge in [0.05, 0.1) is 5.52 Å². The van der Waals surface area contributed by atoms with Crippen LogP contribution in [-0.2, 0) is 4.79 Å². The molecule has 2 rings (SSSR count). The van der Waals surface area contributed by atoms with Gasteiger partial charge in [0.2, 0.25) is 5.91 Å². The van der Waals surface area contributed by atoms with Crippen LogP contribution in [0.2, 0.25) is 5.02 Å². The largest absolute Gasteiger partial charge is 0.401 e. The summed E-state index contributed by atoms with van der Waals surface area (Å²) in [6.45, 7) is 20.1. The lowest BCUT2D eigenvalue weighted by molar-refractivity contribution is -0.131. The van der Waals surface area contributed by atoms with Crippen LogP contribution >= 0.6 is 11.6 Å². The molecule has 8 nitrogen and oxygen atoms in total. The van der Waals surface area contributed by atoms with E-state index in [-0.39, 0.29) is 17.4 Å². The van der Waals surface area contributed by atoms with Crippen LogP contribution in [0, 0.1) is 11.3 Å². The molecule has 2 aromatic rings. The van der Waals surface area contributed by atoms with Gasteiger partial charge in [0.25, 0.3) is 0 Å². The van der Waals surface area contributed by atoms with Crippen molar-refractivity contribution >= 4 is 34.1 Å². The predicted molar refractivity (Wildman–Crippen MR) is 174 cm³/mol. The summed E-state index contributed by atoms with van der Waals surface area (Å²) in [7, 11) is 0. The third-order valence-electron chi connectivity index (χ3n) is 8.38. The van der Waals surface area contributed by atoms with Crippen LogP contribution in [0.5, 0.6) is 0 Å². The number of anilines is 1. The number of fused-ring (bicyclic) bond motifs is 1. The monoisotopic (exact) mass is 587 g/mol. The zero-order valence-electron chi connectivity index (χ0n) is 26.6. The van der Waals surface area contributed by atoms with Gasteiger partial charge in [0, 0.05) is 64.3 Å². The third-order valence-corrected chi connectivity index (χ3v) is 8.61. The van der Waals surface area contributed by atoms with Gasteiger partial charge in [-0.05, 0) is 89.7 Å². The molecule has 0 aliphatic carbocycles. The van der Waals surface area contributed by atoms with Crippen LogP contribution in [0.4, 0.5) is 5.69 Å². The Hall–Kier alpha value is -2.55. The number of allylic oxidation sites excluding steroid dienone is 1. The first kappa shape index (κ1) is 34.7. The number of halogens is 1. The highest BCUT2D eigenvalue weighted by Crippen LogP contribution is 2.27. The quantitative estimate of drug-likeness (QED) is 0.130. The molecule has 230 valence electrons. The second-order valence-electron chi connectivity index (χ2n) is 12.6.